The van der Waals surface area contributed by atoms with Crippen molar-refractivity contribution >= 4 is 39.5 Å². The van der Waals surface area contributed by atoms with Gasteiger partial charge in [-0.2, -0.15) is 0 Å². The molecule has 0 saturated heterocycles. The van der Waals surface area contributed by atoms with Gasteiger partial charge >= 0.3 is 39.5 Å². The third-order valence-corrected chi connectivity index (χ3v) is 18.9. The summed E-state index contributed by atoms with van der Waals surface area (Å²) in [7, 11) is -9.90. The van der Waals surface area contributed by atoms with Crippen LogP contribution in [0.3, 0.4) is 0 Å². The van der Waals surface area contributed by atoms with Crippen LogP contribution in [0.25, 0.3) is 0 Å². The topological polar surface area (TPSA) is 237 Å². The van der Waals surface area contributed by atoms with Crippen LogP contribution in [-0.4, -0.2) is 96.7 Å². The van der Waals surface area contributed by atoms with E-state index in [-0.39, 0.29) is 25.7 Å². The van der Waals surface area contributed by atoms with Crippen molar-refractivity contribution in [3.63, 3.8) is 0 Å². The molecule has 0 fully saturated rings. The zero-order valence-corrected chi connectivity index (χ0v) is 61.5. The third-order valence-electron chi connectivity index (χ3n) is 17.0. The van der Waals surface area contributed by atoms with Crippen LogP contribution in [-0.2, 0) is 65.4 Å². The fourth-order valence-corrected chi connectivity index (χ4v) is 12.8. The SMILES string of the molecule is CCCCCCCCCCCCCCCCCCCCCC(=O)O[C@H](COC(=O)CCCCCCCCCCCCCCCC)COP(=O)(O)OC[C@@H](O)COP(=O)(O)OC[C@@H](COC(=O)CCCCCCCCC(C)C)OC(=O)CCCCCCCCCCCC. The van der Waals surface area contributed by atoms with Crippen LogP contribution in [0.5, 0.6) is 0 Å². The second kappa shape index (κ2) is 66.3. The molecule has 0 heterocycles. The zero-order valence-electron chi connectivity index (χ0n) is 59.7. The first-order valence-corrected chi connectivity index (χ1v) is 41.1. The number of esters is 4. The molecule has 0 rings (SSSR count). The van der Waals surface area contributed by atoms with Gasteiger partial charge in [0.05, 0.1) is 26.4 Å². The van der Waals surface area contributed by atoms with Crippen LogP contribution in [0.4, 0.5) is 0 Å². The first kappa shape index (κ1) is 90.1. The number of unbranched alkanes of at least 4 members (excludes halogenated alkanes) is 45. The summed E-state index contributed by atoms with van der Waals surface area (Å²) in [5, 5.41) is 10.6. The van der Waals surface area contributed by atoms with Crippen LogP contribution in [0, 0.1) is 5.92 Å². The van der Waals surface area contributed by atoms with E-state index in [0.29, 0.717) is 31.6 Å². The number of carbonyl (C=O) groups excluding carboxylic acids is 4. The molecule has 546 valence electrons. The van der Waals surface area contributed by atoms with E-state index in [1.54, 1.807) is 0 Å². The first-order valence-electron chi connectivity index (χ1n) is 38.1. The summed E-state index contributed by atoms with van der Waals surface area (Å²) in [5.74, 6) is -1.44. The average Bonchev–Trinajstić information content (AvgIpc) is 1.53. The average molecular weight is 1350 g/mol. The van der Waals surface area contributed by atoms with E-state index in [4.69, 9.17) is 37.0 Å². The van der Waals surface area contributed by atoms with Crippen molar-refractivity contribution in [2.45, 2.75) is 400 Å². The molecule has 0 aromatic carbocycles. The van der Waals surface area contributed by atoms with Crippen LogP contribution < -0.4 is 0 Å². The number of ether oxygens (including phenoxy) is 4. The second-order valence-electron chi connectivity index (χ2n) is 26.8. The second-order valence-corrected chi connectivity index (χ2v) is 29.7. The number of hydrogen-bond acceptors (Lipinski definition) is 15. The molecule has 0 aliphatic carbocycles. The molecule has 0 saturated carbocycles. The van der Waals surface area contributed by atoms with Crippen LogP contribution >= 0.6 is 15.6 Å². The van der Waals surface area contributed by atoms with E-state index in [9.17, 15) is 43.2 Å². The maximum absolute atomic E-state index is 13.1. The fourth-order valence-electron chi connectivity index (χ4n) is 11.2. The predicted octanol–water partition coefficient (Wildman–Crippen LogP) is 21.3. The van der Waals surface area contributed by atoms with Crippen molar-refractivity contribution in [1.29, 1.82) is 0 Å². The molecule has 92 heavy (non-hydrogen) atoms. The van der Waals surface area contributed by atoms with Gasteiger partial charge in [-0.1, -0.05) is 330 Å². The van der Waals surface area contributed by atoms with E-state index in [0.717, 1.165) is 96.3 Å². The highest BCUT2D eigenvalue weighted by Crippen LogP contribution is 2.45. The van der Waals surface area contributed by atoms with Gasteiger partial charge < -0.3 is 33.8 Å². The minimum atomic E-state index is -4.95. The largest absolute Gasteiger partial charge is 0.472 e. The van der Waals surface area contributed by atoms with Crippen molar-refractivity contribution < 1.29 is 80.2 Å². The molecule has 3 N–H and O–H groups in total. The molecule has 0 aliphatic heterocycles. The number of aliphatic hydroxyl groups is 1. The summed E-state index contributed by atoms with van der Waals surface area (Å²) in [4.78, 5) is 72.6. The molecule has 0 aromatic heterocycles. The Morgan fingerprint density at radius 2 is 0.500 bits per heavy atom. The van der Waals surface area contributed by atoms with Gasteiger partial charge in [-0.15, -0.1) is 0 Å². The Morgan fingerprint density at radius 1 is 0.293 bits per heavy atom. The van der Waals surface area contributed by atoms with Gasteiger partial charge in [0.25, 0.3) is 0 Å². The molecular weight excluding hydrogens is 1210 g/mol. The quantitative estimate of drug-likeness (QED) is 0.0222. The van der Waals surface area contributed by atoms with E-state index >= 15 is 0 Å². The standard InChI is InChI=1S/C73H142O17P2/c1-6-9-12-15-18-21-24-26-28-29-30-31-32-34-36-39-42-49-54-59-73(78)89-68(62-83-70(75)56-51-46-40-38-35-33-27-25-22-19-16-13-10-7-2)64-87-91(79,80)85-60-67(74)61-86-92(81,82)88-65-69(63-84-71(76)57-52-47-44-43-45-50-55-66(4)5)90-72(77)58-53-48-41-37-23-20-17-14-11-8-3/h66-69,74H,6-65H2,1-5H3,(H,79,80)(H,81,82)/t67-,68-,69-/m1/s1. The molecule has 0 aromatic rings. The Balaban J connectivity index is 5.20. The van der Waals surface area contributed by atoms with Crippen LogP contribution in [0.15, 0.2) is 0 Å². The smallest absolute Gasteiger partial charge is 0.462 e. The lowest BCUT2D eigenvalue weighted by molar-refractivity contribution is -0.161. The minimum Gasteiger partial charge on any atom is -0.462 e. The fraction of sp³-hybridized carbons (Fsp3) is 0.945. The van der Waals surface area contributed by atoms with Crippen molar-refractivity contribution in [1.82, 2.24) is 0 Å². The van der Waals surface area contributed by atoms with Crippen molar-refractivity contribution in [3.05, 3.63) is 0 Å². The molecule has 17 nitrogen and oxygen atoms in total. The molecule has 5 atom stereocenters. The number of phosphoric acid groups is 2. The van der Waals surface area contributed by atoms with Gasteiger partial charge in [0, 0.05) is 25.7 Å². The molecule has 0 amide bonds. The van der Waals surface area contributed by atoms with Gasteiger partial charge in [-0.25, -0.2) is 9.13 Å². The van der Waals surface area contributed by atoms with Crippen molar-refractivity contribution in [3.8, 4) is 0 Å². The van der Waals surface area contributed by atoms with E-state index in [2.05, 4.69) is 34.6 Å². The van der Waals surface area contributed by atoms with Crippen LogP contribution in [0.2, 0.25) is 0 Å². The lowest BCUT2D eigenvalue weighted by Crippen LogP contribution is -2.30. The van der Waals surface area contributed by atoms with E-state index in [1.807, 2.05) is 0 Å². The number of phosphoric ester groups is 2. The Labute approximate surface area is 562 Å². The maximum Gasteiger partial charge on any atom is 0.472 e. The number of hydrogen-bond donors (Lipinski definition) is 3. The minimum absolute atomic E-state index is 0.106. The Morgan fingerprint density at radius 3 is 0.739 bits per heavy atom. The summed E-state index contributed by atoms with van der Waals surface area (Å²) in [5.41, 5.74) is 0. The Hall–Kier alpha value is -1.94. The highest BCUT2D eigenvalue weighted by molar-refractivity contribution is 7.47. The third kappa shape index (κ3) is 66.7. The molecule has 0 spiro atoms. The highest BCUT2D eigenvalue weighted by Gasteiger charge is 2.30. The van der Waals surface area contributed by atoms with Crippen LogP contribution in [0.1, 0.15) is 381 Å². The number of rotatable bonds is 73. The Kier molecular flexibility index (Phi) is 64.9. The number of carbonyl (C=O) groups is 4. The van der Waals surface area contributed by atoms with E-state index in [1.165, 1.54) is 199 Å². The molecule has 0 radical (unpaired) electrons. The molecular formula is C73H142O17P2. The summed E-state index contributed by atoms with van der Waals surface area (Å²) in [6, 6.07) is 0. The van der Waals surface area contributed by atoms with Gasteiger partial charge in [0.15, 0.2) is 12.2 Å². The lowest BCUT2D eigenvalue weighted by Gasteiger charge is -2.21. The highest BCUT2D eigenvalue weighted by atomic mass is 31.2. The van der Waals surface area contributed by atoms with Gasteiger partial charge in [0.1, 0.15) is 19.3 Å². The Bertz CT molecular complexity index is 1770. The molecule has 2 unspecified atom stereocenters. The van der Waals surface area contributed by atoms with Crippen molar-refractivity contribution in [2.24, 2.45) is 5.92 Å². The zero-order chi connectivity index (χ0) is 67.7. The normalized spacial score (nSPS) is 14.0. The summed E-state index contributed by atoms with van der Waals surface area (Å²) < 4.78 is 68.3. The lowest BCUT2D eigenvalue weighted by atomic mass is 10.0. The molecule has 0 bridgehead atoms. The maximum atomic E-state index is 13.1. The monoisotopic (exact) mass is 1350 g/mol. The summed E-state index contributed by atoms with van der Waals surface area (Å²) >= 11 is 0. The predicted molar refractivity (Wildman–Crippen MR) is 372 cm³/mol. The summed E-state index contributed by atoms with van der Waals surface area (Å²) in [6.07, 6.45) is 54.3. The van der Waals surface area contributed by atoms with Gasteiger partial charge in [0.2, 0.25) is 0 Å². The van der Waals surface area contributed by atoms with Gasteiger partial charge in [-0.3, -0.25) is 37.3 Å². The first-order chi connectivity index (χ1) is 44.5. The van der Waals surface area contributed by atoms with Crippen molar-refractivity contribution in [2.75, 3.05) is 39.6 Å². The van der Waals surface area contributed by atoms with E-state index < -0.39 is 97.5 Å². The molecule has 19 heteroatoms. The number of aliphatic hydroxyl groups excluding tert-OH is 1. The summed E-state index contributed by atoms with van der Waals surface area (Å²) in [6.45, 7) is 7.18. The molecule has 0 aliphatic rings. The van der Waals surface area contributed by atoms with Gasteiger partial charge in [-0.05, 0) is 31.6 Å².